The minimum absolute atomic E-state index is 0.437. The third-order valence-corrected chi connectivity index (χ3v) is 4.09. The molecule has 0 fully saturated rings. The molecule has 0 N–H and O–H groups in total. The topological polar surface area (TPSA) is 0 Å². The van der Waals surface area contributed by atoms with E-state index in [0.29, 0.717) is 13.1 Å². The first kappa shape index (κ1) is 8.06. The van der Waals surface area contributed by atoms with Crippen molar-refractivity contribution >= 4 is 37.8 Å². The van der Waals surface area contributed by atoms with Crippen molar-refractivity contribution in [3.8, 4) is 0 Å². The first-order valence-corrected chi connectivity index (χ1v) is 7.75. The van der Waals surface area contributed by atoms with Crippen LogP contribution < -0.4 is 4.46 Å². The van der Waals surface area contributed by atoms with Gasteiger partial charge in [0.05, 0.1) is 0 Å². The molecule has 0 bridgehead atoms. The average Bonchev–Trinajstić information content (AvgIpc) is 2.05. The number of hydrogen-bond acceptors (Lipinski definition) is 0. The van der Waals surface area contributed by atoms with E-state index in [0.717, 1.165) is 0 Å². The zero-order valence-electron chi connectivity index (χ0n) is 5.38. The Hall–Kier alpha value is -0.0405. The molecule has 0 saturated heterocycles. The van der Waals surface area contributed by atoms with Crippen LogP contribution in [-0.2, 0) is 0 Å². The molecule has 10 heavy (non-hydrogen) atoms. The van der Waals surface area contributed by atoms with E-state index in [-0.39, 0.29) is 0 Å². The molecule has 0 spiro atoms. The molecule has 0 unspecified atom stereocenters. The fraction of sp³-hybridized carbons (Fsp3) is 0. The van der Waals surface area contributed by atoms with Gasteiger partial charge in [-0.2, -0.15) is 0 Å². The van der Waals surface area contributed by atoms with Crippen LogP contribution in [-0.4, -0.2) is 13.1 Å². The maximum absolute atomic E-state index is 3.68. The second kappa shape index (κ2) is 3.97. The Balaban J connectivity index is 2.90. The standard InChI is InChI=1S/C8H7BrSe/c1-2-7-3-5-8(10-9)6-4-7/h2-6H,1H2. The second-order valence-corrected chi connectivity index (χ2v) is 4.85. The first-order valence-electron chi connectivity index (χ1n) is 2.88. The summed E-state index contributed by atoms with van der Waals surface area (Å²) < 4.78 is 1.36. The molecule has 0 atom stereocenters. The molecule has 0 aliphatic carbocycles. The van der Waals surface area contributed by atoms with Gasteiger partial charge in [0.2, 0.25) is 0 Å². The molecule has 0 aromatic heterocycles. The zero-order valence-corrected chi connectivity index (χ0v) is 8.68. The molecule has 2 heteroatoms. The van der Waals surface area contributed by atoms with E-state index in [1.165, 1.54) is 10.0 Å². The third-order valence-electron chi connectivity index (χ3n) is 1.20. The molecule has 0 aliphatic rings. The van der Waals surface area contributed by atoms with Gasteiger partial charge in [-0.15, -0.1) is 0 Å². The Labute approximate surface area is 74.2 Å². The fourth-order valence-electron chi connectivity index (χ4n) is 0.655. The third kappa shape index (κ3) is 1.98. The van der Waals surface area contributed by atoms with Crippen LogP contribution in [0.4, 0.5) is 0 Å². The van der Waals surface area contributed by atoms with E-state index in [1.54, 1.807) is 0 Å². The molecule has 1 aromatic carbocycles. The van der Waals surface area contributed by atoms with E-state index in [2.05, 4.69) is 45.0 Å². The molecule has 1 aromatic rings. The molecule has 0 heterocycles. The van der Waals surface area contributed by atoms with Crippen molar-refractivity contribution in [3.05, 3.63) is 36.4 Å². The quantitative estimate of drug-likeness (QED) is 0.715. The summed E-state index contributed by atoms with van der Waals surface area (Å²) in [6, 6.07) is 8.38. The summed E-state index contributed by atoms with van der Waals surface area (Å²) in [4.78, 5) is 0. The molecular formula is C8H7BrSe. The van der Waals surface area contributed by atoms with Crippen molar-refractivity contribution in [1.29, 1.82) is 0 Å². The van der Waals surface area contributed by atoms with Crippen molar-refractivity contribution in [2.75, 3.05) is 0 Å². The van der Waals surface area contributed by atoms with Crippen LogP contribution >= 0.6 is 14.1 Å². The van der Waals surface area contributed by atoms with Crippen LogP contribution in [0.3, 0.4) is 0 Å². The summed E-state index contributed by atoms with van der Waals surface area (Å²) in [5.41, 5.74) is 1.18. The minimum atomic E-state index is 0.437. The van der Waals surface area contributed by atoms with E-state index >= 15 is 0 Å². The second-order valence-electron chi connectivity index (χ2n) is 1.85. The Morgan fingerprint density at radius 2 is 1.90 bits per heavy atom. The van der Waals surface area contributed by atoms with Gasteiger partial charge in [0.25, 0.3) is 0 Å². The predicted molar refractivity (Wildman–Crippen MR) is 50.8 cm³/mol. The number of halogens is 1. The molecule has 0 amide bonds. The fourth-order valence-corrected chi connectivity index (χ4v) is 2.28. The van der Waals surface area contributed by atoms with Crippen molar-refractivity contribution < 1.29 is 0 Å². The van der Waals surface area contributed by atoms with Crippen LogP contribution in [0.25, 0.3) is 6.08 Å². The van der Waals surface area contributed by atoms with Gasteiger partial charge < -0.3 is 0 Å². The average molecular weight is 262 g/mol. The van der Waals surface area contributed by atoms with E-state index in [4.69, 9.17) is 0 Å². The van der Waals surface area contributed by atoms with Crippen LogP contribution in [0.15, 0.2) is 30.8 Å². The van der Waals surface area contributed by atoms with E-state index in [9.17, 15) is 0 Å². The van der Waals surface area contributed by atoms with E-state index < -0.39 is 0 Å². The molecule has 0 radical (unpaired) electrons. The molecular weight excluding hydrogens is 255 g/mol. The first-order chi connectivity index (χ1) is 4.86. The number of benzene rings is 1. The van der Waals surface area contributed by atoms with Gasteiger partial charge in [-0.3, -0.25) is 0 Å². The van der Waals surface area contributed by atoms with Gasteiger partial charge in [-0.1, -0.05) is 0 Å². The predicted octanol–water partition coefficient (Wildman–Crippen LogP) is 1.97. The van der Waals surface area contributed by atoms with Crippen LogP contribution in [0, 0.1) is 0 Å². The molecule has 0 saturated carbocycles. The van der Waals surface area contributed by atoms with Gasteiger partial charge >= 0.3 is 74.2 Å². The summed E-state index contributed by atoms with van der Waals surface area (Å²) >= 11 is 3.88. The maximum atomic E-state index is 3.68. The normalized spacial score (nSPS) is 9.30. The van der Waals surface area contributed by atoms with Gasteiger partial charge in [-0.25, -0.2) is 0 Å². The Bertz CT molecular complexity index is 215. The van der Waals surface area contributed by atoms with Crippen LogP contribution in [0.2, 0.25) is 0 Å². The molecule has 0 nitrogen and oxygen atoms in total. The van der Waals surface area contributed by atoms with Crippen LogP contribution in [0.5, 0.6) is 0 Å². The van der Waals surface area contributed by atoms with Crippen molar-refractivity contribution in [2.45, 2.75) is 0 Å². The summed E-state index contributed by atoms with van der Waals surface area (Å²) in [7, 11) is 0. The molecule has 0 aliphatic heterocycles. The SMILES string of the molecule is C=Cc1ccc([Se]Br)cc1. The van der Waals surface area contributed by atoms with Gasteiger partial charge in [0.15, 0.2) is 0 Å². The van der Waals surface area contributed by atoms with Crippen molar-refractivity contribution in [3.63, 3.8) is 0 Å². The number of rotatable bonds is 2. The zero-order chi connectivity index (χ0) is 7.40. The summed E-state index contributed by atoms with van der Waals surface area (Å²) in [5.74, 6) is 0. The van der Waals surface area contributed by atoms with Gasteiger partial charge in [0.1, 0.15) is 0 Å². The summed E-state index contributed by atoms with van der Waals surface area (Å²) in [5, 5.41) is 0. The summed E-state index contributed by atoms with van der Waals surface area (Å²) in [6.07, 6.45) is 1.85. The van der Waals surface area contributed by atoms with Gasteiger partial charge in [-0.05, 0) is 0 Å². The van der Waals surface area contributed by atoms with Crippen molar-refractivity contribution in [1.82, 2.24) is 0 Å². The number of hydrogen-bond donors (Lipinski definition) is 0. The summed E-state index contributed by atoms with van der Waals surface area (Å²) in [6.45, 7) is 3.68. The van der Waals surface area contributed by atoms with Gasteiger partial charge in [0, 0.05) is 0 Å². The Morgan fingerprint density at radius 1 is 1.30 bits per heavy atom. The van der Waals surface area contributed by atoms with Crippen LogP contribution in [0.1, 0.15) is 5.56 Å². The molecule has 52 valence electrons. The Morgan fingerprint density at radius 3 is 2.30 bits per heavy atom. The van der Waals surface area contributed by atoms with E-state index in [1.807, 2.05) is 6.08 Å². The Kier molecular flexibility index (Phi) is 3.20. The molecule has 1 rings (SSSR count). The van der Waals surface area contributed by atoms with Crippen molar-refractivity contribution in [2.24, 2.45) is 0 Å². The monoisotopic (exact) mass is 262 g/mol.